The fraction of sp³-hybridized carbons (Fsp3) is 0.444. The number of hydrogen-bond donors (Lipinski definition) is 2. The van der Waals surface area contributed by atoms with Gasteiger partial charge in [0.1, 0.15) is 4.88 Å². The Hall–Kier alpha value is -1.12. The van der Waals surface area contributed by atoms with E-state index < -0.39 is 22.5 Å². The number of aliphatic hydroxyl groups is 1. The normalized spacial score (nSPS) is 11.6. The smallest absolute Gasteiger partial charge is 0.394 e. The highest BCUT2D eigenvalue weighted by Gasteiger charge is 2.37. The van der Waals surface area contributed by atoms with Crippen LogP contribution in [0.1, 0.15) is 20.1 Å². The Balaban J connectivity index is 2.86. The molecule has 0 aliphatic heterocycles. The molecular formula is C9H10F3NO3S. The summed E-state index contributed by atoms with van der Waals surface area (Å²) in [6, 6.07) is 1.14. The lowest BCUT2D eigenvalue weighted by Crippen LogP contribution is -2.26. The predicted octanol–water partition coefficient (Wildman–Crippen LogP) is 1.73. The molecule has 1 aromatic heterocycles. The van der Waals surface area contributed by atoms with Gasteiger partial charge in [-0.25, -0.2) is 5.48 Å². The Morgan fingerprint density at radius 2 is 2.24 bits per heavy atom. The number of hydroxylamine groups is 1. The molecule has 2 N–H and O–H groups in total. The molecule has 4 nitrogen and oxygen atoms in total. The molecule has 0 bridgehead atoms. The minimum atomic E-state index is -4.57. The van der Waals surface area contributed by atoms with Crippen molar-refractivity contribution in [3.8, 4) is 0 Å². The fourth-order valence-corrected chi connectivity index (χ4v) is 1.99. The minimum Gasteiger partial charge on any atom is -0.394 e. The summed E-state index contributed by atoms with van der Waals surface area (Å²) in [6.07, 6.45) is -4.57. The maximum atomic E-state index is 12.6. The van der Waals surface area contributed by atoms with E-state index >= 15 is 0 Å². The second-order valence-electron chi connectivity index (χ2n) is 3.10. The lowest BCUT2D eigenvalue weighted by atomic mass is 10.2. The Labute approximate surface area is 99.0 Å². The molecule has 1 rings (SSSR count). The van der Waals surface area contributed by atoms with Gasteiger partial charge in [-0.05, 0) is 13.0 Å². The van der Waals surface area contributed by atoms with Crippen LogP contribution in [0.15, 0.2) is 6.07 Å². The van der Waals surface area contributed by atoms with Crippen molar-refractivity contribution in [3.05, 3.63) is 21.4 Å². The summed E-state index contributed by atoms with van der Waals surface area (Å²) in [5.74, 6) is -0.977. The number of alkyl halides is 3. The maximum Gasteiger partial charge on any atom is 0.426 e. The highest BCUT2D eigenvalue weighted by Crippen LogP contribution is 2.37. The molecule has 1 aromatic rings. The first-order chi connectivity index (χ1) is 7.86. The summed E-state index contributed by atoms with van der Waals surface area (Å²) in [4.78, 5) is 15.3. The van der Waals surface area contributed by atoms with Crippen molar-refractivity contribution in [2.45, 2.75) is 13.1 Å². The monoisotopic (exact) mass is 269 g/mol. The van der Waals surface area contributed by atoms with Gasteiger partial charge in [0.2, 0.25) is 0 Å². The van der Waals surface area contributed by atoms with Crippen LogP contribution in [-0.4, -0.2) is 24.2 Å². The number of rotatable bonds is 4. The Morgan fingerprint density at radius 1 is 1.59 bits per heavy atom. The van der Waals surface area contributed by atoms with Gasteiger partial charge >= 0.3 is 6.18 Å². The summed E-state index contributed by atoms with van der Waals surface area (Å²) in [6.45, 7) is 0.955. The summed E-state index contributed by atoms with van der Waals surface area (Å²) < 4.78 is 37.7. The third-order valence-electron chi connectivity index (χ3n) is 1.72. The first-order valence-electron chi connectivity index (χ1n) is 4.57. The van der Waals surface area contributed by atoms with Crippen molar-refractivity contribution in [2.24, 2.45) is 0 Å². The quantitative estimate of drug-likeness (QED) is 0.646. The zero-order chi connectivity index (χ0) is 13.1. The zero-order valence-corrected chi connectivity index (χ0v) is 9.61. The second kappa shape index (κ2) is 5.48. The topological polar surface area (TPSA) is 58.6 Å². The standard InChI is InChI=1S/C9H10F3NO3S/c1-5-4-6(7(17-5)9(10,11)12)8(15)13-16-3-2-14/h4,14H,2-3H2,1H3,(H,13,15). The van der Waals surface area contributed by atoms with Crippen LogP contribution in [-0.2, 0) is 11.0 Å². The van der Waals surface area contributed by atoms with Crippen LogP contribution < -0.4 is 5.48 Å². The molecule has 0 aliphatic rings. The lowest BCUT2D eigenvalue weighted by Gasteiger charge is -2.07. The number of nitrogens with one attached hydrogen (secondary N) is 1. The number of thiophene rings is 1. The summed E-state index contributed by atoms with van der Waals surface area (Å²) in [5.41, 5.74) is 1.36. The SMILES string of the molecule is Cc1cc(C(=O)NOCCO)c(C(F)(F)F)s1. The molecule has 96 valence electrons. The summed E-state index contributed by atoms with van der Waals surface area (Å²) in [7, 11) is 0. The van der Waals surface area contributed by atoms with E-state index in [0.29, 0.717) is 16.2 Å². The molecule has 17 heavy (non-hydrogen) atoms. The van der Waals surface area contributed by atoms with Crippen LogP contribution in [0.4, 0.5) is 13.2 Å². The van der Waals surface area contributed by atoms with E-state index in [1.165, 1.54) is 6.92 Å². The van der Waals surface area contributed by atoms with Crippen molar-refractivity contribution in [1.82, 2.24) is 5.48 Å². The van der Waals surface area contributed by atoms with Gasteiger partial charge in [-0.2, -0.15) is 13.2 Å². The highest BCUT2D eigenvalue weighted by atomic mass is 32.1. The highest BCUT2D eigenvalue weighted by molar-refractivity contribution is 7.12. The van der Waals surface area contributed by atoms with Gasteiger partial charge in [-0.15, -0.1) is 11.3 Å². The molecule has 0 spiro atoms. The summed E-state index contributed by atoms with van der Waals surface area (Å²) >= 11 is 0.498. The van der Waals surface area contributed by atoms with Gasteiger partial charge in [0.15, 0.2) is 0 Å². The molecule has 1 amide bonds. The van der Waals surface area contributed by atoms with Crippen LogP contribution in [0, 0.1) is 6.92 Å². The molecule has 0 saturated carbocycles. The van der Waals surface area contributed by atoms with Gasteiger partial charge in [-0.1, -0.05) is 0 Å². The van der Waals surface area contributed by atoms with Gasteiger partial charge in [0.05, 0.1) is 18.8 Å². The predicted molar refractivity (Wildman–Crippen MR) is 54.6 cm³/mol. The van der Waals surface area contributed by atoms with E-state index in [2.05, 4.69) is 4.84 Å². The van der Waals surface area contributed by atoms with Crippen molar-refractivity contribution < 1.29 is 27.9 Å². The summed E-state index contributed by atoms with van der Waals surface area (Å²) in [5, 5.41) is 8.38. The van der Waals surface area contributed by atoms with E-state index in [0.717, 1.165) is 6.07 Å². The first kappa shape index (κ1) is 13.9. The fourth-order valence-electron chi connectivity index (χ4n) is 1.11. The number of aryl methyl sites for hydroxylation is 1. The average Bonchev–Trinajstić information content (AvgIpc) is 2.60. The third kappa shape index (κ3) is 3.69. The second-order valence-corrected chi connectivity index (χ2v) is 4.36. The van der Waals surface area contributed by atoms with E-state index in [1.807, 2.05) is 5.48 Å². The molecule has 0 radical (unpaired) electrons. The Kier molecular flexibility index (Phi) is 4.49. The molecule has 8 heteroatoms. The van der Waals surface area contributed by atoms with Gasteiger partial charge in [0.25, 0.3) is 5.91 Å². The first-order valence-corrected chi connectivity index (χ1v) is 5.38. The van der Waals surface area contributed by atoms with Crippen LogP contribution in [0.2, 0.25) is 0 Å². The molecule has 0 aromatic carbocycles. The molecule has 0 saturated heterocycles. The van der Waals surface area contributed by atoms with Crippen LogP contribution >= 0.6 is 11.3 Å². The average molecular weight is 269 g/mol. The lowest BCUT2D eigenvalue weighted by molar-refractivity contribution is -0.134. The number of carbonyl (C=O) groups is 1. The number of carbonyl (C=O) groups excluding carboxylic acids is 1. The van der Waals surface area contributed by atoms with Crippen molar-refractivity contribution in [2.75, 3.05) is 13.2 Å². The van der Waals surface area contributed by atoms with Crippen molar-refractivity contribution in [1.29, 1.82) is 0 Å². The molecule has 0 aliphatic carbocycles. The van der Waals surface area contributed by atoms with Gasteiger partial charge < -0.3 is 5.11 Å². The molecule has 0 atom stereocenters. The number of aliphatic hydroxyl groups excluding tert-OH is 1. The molecule has 1 heterocycles. The Morgan fingerprint density at radius 3 is 2.76 bits per heavy atom. The Bertz CT molecular complexity index is 403. The molecular weight excluding hydrogens is 259 g/mol. The third-order valence-corrected chi connectivity index (χ3v) is 2.81. The zero-order valence-electron chi connectivity index (χ0n) is 8.80. The van der Waals surface area contributed by atoms with Crippen molar-refractivity contribution in [3.63, 3.8) is 0 Å². The van der Waals surface area contributed by atoms with E-state index in [1.54, 1.807) is 0 Å². The number of halogens is 3. The van der Waals surface area contributed by atoms with E-state index in [9.17, 15) is 18.0 Å². The van der Waals surface area contributed by atoms with Crippen LogP contribution in [0.5, 0.6) is 0 Å². The van der Waals surface area contributed by atoms with Gasteiger partial charge in [0, 0.05) is 4.88 Å². The molecule has 0 unspecified atom stereocenters. The van der Waals surface area contributed by atoms with E-state index in [-0.39, 0.29) is 13.2 Å². The molecule has 0 fully saturated rings. The van der Waals surface area contributed by atoms with Crippen LogP contribution in [0.3, 0.4) is 0 Å². The largest absolute Gasteiger partial charge is 0.426 e. The van der Waals surface area contributed by atoms with Crippen molar-refractivity contribution >= 4 is 17.2 Å². The van der Waals surface area contributed by atoms with E-state index in [4.69, 9.17) is 5.11 Å². The minimum absolute atomic E-state index is 0.184. The van der Waals surface area contributed by atoms with Crippen LogP contribution in [0.25, 0.3) is 0 Å². The maximum absolute atomic E-state index is 12.6. The van der Waals surface area contributed by atoms with Gasteiger partial charge in [-0.3, -0.25) is 9.63 Å². The number of amides is 1. The number of hydrogen-bond acceptors (Lipinski definition) is 4.